The first-order valence-electron chi connectivity index (χ1n) is 7.51. The summed E-state index contributed by atoms with van der Waals surface area (Å²) in [5.41, 5.74) is 1.85. The Kier molecular flexibility index (Phi) is 9.64. The fourth-order valence-corrected chi connectivity index (χ4v) is 2.86. The first-order chi connectivity index (χ1) is 12.1. The Morgan fingerprint density at radius 2 is 1.69 bits per heavy atom. The van der Waals surface area contributed by atoms with E-state index in [1.54, 1.807) is 12.1 Å². The van der Waals surface area contributed by atoms with Gasteiger partial charge in [0, 0.05) is 21.0 Å². The van der Waals surface area contributed by atoms with Crippen molar-refractivity contribution in [2.75, 3.05) is 12.9 Å². The average molecular weight is 438 g/mol. The molecule has 1 atom stereocenters. The van der Waals surface area contributed by atoms with E-state index in [-0.39, 0.29) is 12.5 Å². The normalized spacial score (nSPS) is 12.5. The zero-order valence-electron chi connectivity index (χ0n) is 13.9. The lowest BCUT2D eigenvalue weighted by Gasteiger charge is -2.14. The minimum Gasteiger partial charge on any atom is -0.396 e. The van der Waals surface area contributed by atoms with Gasteiger partial charge in [-0.3, -0.25) is 4.55 Å². The Bertz CT molecular complexity index is 843. The molecule has 2 N–H and O–H groups in total. The summed E-state index contributed by atoms with van der Waals surface area (Å²) in [6.45, 7) is 0.0220. The van der Waals surface area contributed by atoms with Crippen LogP contribution in [-0.2, 0) is 10.1 Å². The Labute approximate surface area is 168 Å². The van der Waals surface area contributed by atoms with Crippen LogP contribution >= 0.6 is 34.8 Å². The Balaban J connectivity index is 0.000000597. The number of rotatable bonds is 5. The van der Waals surface area contributed by atoms with Crippen molar-refractivity contribution in [3.8, 4) is 0 Å². The molecule has 0 aromatic heterocycles. The van der Waals surface area contributed by atoms with Crippen molar-refractivity contribution >= 4 is 51.0 Å². The van der Waals surface area contributed by atoms with Gasteiger partial charge in [0.1, 0.15) is 0 Å². The molecule has 2 aromatic rings. The highest BCUT2D eigenvalue weighted by Gasteiger charge is 2.12. The van der Waals surface area contributed by atoms with Gasteiger partial charge in [-0.2, -0.15) is 8.42 Å². The lowest BCUT2D eigenvalue weighted by molar-refractivity contribution is 0.266. The SMILES string of the molecule is CS(=O)(=O)O.OCC(CC=Cc1ccccc1Cl)c1ccc(Cl)cc1Cl. The van der Waals surface area contributed by atoms with Gasteiger partial charge in [-0.05, 0) is 35.7 Å². The van der Waals surface area contributed by atoms with Crippen molar-refractivity contribution < 1.29 is 18.1 Å². The molecule has 0 heterocycles. The molecule has 142 valence electrons. The van der Waals surface area contributed by atoms with E-state index in [0.717, 1.165) is 11.1 Å². The van der Waals surface area contributed by atoms with Crippen LogP contribution in [0.5, 0.6) is 0 Å². The summed E-state index contributed by atoms with van der Waals surface area (Å²) in [7, 11) is -3.67. The highest BCUT2D eigenvalue weighted by molar-refractivity contribution is 7.85. The van der Waals surface area contributed by atoms with Gasteiger partial charge in [0.2, 0.25) is 0 Å². The predicted octanol–water partition coefficient (Wildman–Crippen LogP) is 5.33. The van der Waals surface area contributed by atoms with Crippen molar-refractivity contribution in [1.82, 2.24) is 0 Å². The van der Waals surface area contributed by atoms with Crippen molar-refractivity contribution in [3.05, 3.63) is 74.7 Å². The second kappa shape index (κ2) is 10.9. The van der Waals surface area contributed by atoms with Crippen molar-refractivity contribution in [2.45, 2.75) is 12.3 Å². The number of hydrogen-bond donors (Lipinski definition) is 2. The number of allylic oxidation sites excluding steroid dienone is 1. The molecule has 8 heteroatoms. The summed E-state index contributed by atoms with van der Waals surface area (Å²) >= 11 is 18.2. The molecule has 2 rings (SSSR count). The van der Waals surface area contributed by atoms with Gasteiger partial charge >= 0.3 is 0 Å². The maximum atomic E-state index is 9.57. The van der Waals surface area contributed by atoms with E-state index in [1.807, 2.05) is 42.5 Å². The van der Waals surface area contributed by atoms with E-state index in [1.165, 1.54) is 0 Å². The smallest absolute Gasteiger partial charge is 0.261 e. The van der Waals surface area contributed by atoms with E-state index in [0.29, 0.717) is 27.7 Å². The van der Waals surface area contributed by atoms with Crippen molar-refractivity contribution in [2.24, 2.45) is 0 Å². The second-order valence-corrected chi connectivity index (χ2v) is 8.15. The highest BCUT2D eigenvalue weighted by Crippen LogP contribution is 2.30. The van der Waals surface area contributed by atoms with E-state index >= 15 is 0 Å². The molecule has 0 aliphatic carbocycles. The summed E-state index contributed by atoms with van der Waals surface area (Å²) in [4.78, 5) is 0. The molecule has 0 bridgehead atoms. The van der Waals surface area contributed by atoms with E-state index in [2.05, 4.69) is 0 Å². The summed E-state index contributed by atoms with van der Waals surface area (Å²) in [6.07, 6.45) is 5.33. The summed E-state index contributed by atoms with van der Waals surface area (Å²) in [6, 6.07) is 13.0. The maximum absolute atomic E-state index is 9.57. The van der Waals surface area contributed by atoms with Gasteiger partial charge in [0.25, 0.3) is 10.1 Å². The molecule has 4 nitrogen and oxygen atoms in total. The number of aliphatic hydroxyl groups excluding tert-OH is 1. The molecule has 0 saturated heterocycles. The molecular formula is C18H19Cl3O4S. The minimum absolute atomic E-state index is 0.0220. The van der Waals surface area contributed by atoms with E-state index < -0.39 is 10.1 Å². The Hall–Kier alpha value is -1.08. The zero-order valence-corrected chi connectivity index (χ0v) is 17.0. The first-order valence-corrected chi connectivity index (χ1v) is 10.5. The molecular weight excluding hydrogens is 419 g/mol. The van der Waals surface area contributed by atoms with Gasteiger partial charge < -0.3 is 5.11 Å². The summed E-state index contributed by atoms with van der Waals surface area (Å²) < 4.78 is 25.9. The van der Waals surface area contributed by atoms with Gasteiger partial charge in [-0.15, -0.1) is 0 Å². The van der Waals surface area contributed by atoms with E-state index in [4.69, 9.17) is 39.4 Å². The van der Waals surface area contributed by atoms with Crippen LogP contribution in [0.15, 0.2) is 48.5 Å². The molecule has 0 saturated carbocycles. The minimum atomic E-state index is -3.67. The second-order valence-electron chi connectivity index (χ2n) is 5.44. The third-order valence-corrected chi connectivity index (χ3v) is 4.15. The van der Waals surface area contributed by atoms with Crippen LogP contribution in [0.4, 0.5) is 0 Å². The predicted molar refractivity (Wildman–Crippen MR) is 109 cm³/mol. The molecule has 26 heavy (non-hydrogen) atoms. The molecule has 2 aromatic carbocycles. The van der Waals surface area contributed by atoms with Crippen molar-refractivity contribution in [3.63, 3.8) is 0 Å². The Morgan fingerprint density at radius 1 is 1.08 bits per heavy atom. The lowest BCUT2D eigenvalue weighted by Crippen LogP contribution is -2.03. The lowest BCUT2D eigenvalue weighted by atomic mass is 9.96. The fourth-order valence-electron chi connectivity index (χ4n) is 2.10. The fraction of sp³-hybridized carbons (Fsp3) is 0.222. The maximum Gasteiger partial charge on any atom is 0.261 e. The third kappa shape index (κ3) is 9.03. The van der Waals surface area contributed by atoms with Crippen LogP contribution in [0.25, 0.3) is 6.08 Å². The number of halogens is 3. The van der Waals surface area contributed by atoms with Gasteiger partial charge in [-0.1, -0.05) is 71.2 Å². The van der Waals surface area contributed by atoms with Crippen LogP contribution in [0.2, 0.25) is 15.1 Å². The van der Waals surface area contributed by atoms with E-state index in [9.17, 15) is 13.5 Å². The van der Waals surface area contributed by atoms with Crippen LogP contribution in [-0.4, -0.2) is 30.9 Å². The van der Waals surface area contributed by atoms with Crippen LogP contribution in [0.3, 0.4) is 0 Å². The molecule has 0 spiro atoms. The molecule has 0 radical (unpaired) electrons. The number of benzene rings is 2. The summed E-state index contributed by atoms with van der Waals surface area (Å²) in [5.74, 6) is -0.0616. The van der Waals surface area contributed by atoms with Crippen molar-refractivity contribution in [1.29, 1.82) is 0 Å². The van der Waals surface area contributed by atoms with Gasteiger partial charge in [-0.25, -0.2) is 0 Å². The molecule has 0 amide bonds. The van der Waals surface area contributed by atoms with Gasteiger partial charge in [0.05, 0.1) is 12.9 Å². The number of hydrogen-bond acceptors (Lipinski definition) is 3. The largest absolute Gasteiger partial charge is 0.396 e. The van der Waals surface area contributed by atoms with Gasteiger partial charge in [0.15, 0.2) is 0 Å². The first kappa shape index (κ1) is 23.0. The third-order valence-electron chi connectivity index (χ3n) is 3.25. The molecule has 0 fully saturated rings. The topological polar surface area (TPSA) is 74.6 Å². The van der Waals surface area contributed by atoms with Crippen LogP contribution in [0, 0.1) is 0 Å². The standard InChI is InChI=1S/C17H15Cl3O.CH4O3S/c18-14-8-9-15(17(20)10-14)13(11-21)6-3-5-12-4-1-2-7-16(12)19;1-5(2,3)4/h1-5,7-10,13,21H,6,11H2;1H3,(H,2,3,4). The van der Waals surface area contributed by atoms with Crippen LogP contribution < -0.4 is 0 Å². The van der Waals surface area contributed by atoms with Crippen LogP contribution in [0.1, 0.15) is 23.5 Å². The molecule has 0 aliphatic heterocycles. The molecule has 0 aliphatic rings. The quantitative estimate of drug-likeness (QED) is 0.620. The average Bonchev–Trinajstić information content (AvgIpc) is 2.52. The Morgan fingerprint density at radius 3 is 2.23 bits per heavy atom. The molecule has 1 unspecified atom stereocenters. The monoisotopic (exact) mass is 436 g/mol. The summed E-state index contributed by atoms with van der Waals surface area (Å²) in [5, 5.41) is 11.4. The highest BCUT2D eigenvalue weighted by atomic mass is 35.5. The number of aliphatic hydroxyl groups is 1. The zero-order chi connectivity index (χ0) is 19.7.